The van der Waals surface area contributed by atoms with E-state index in [9.17, 15) is 14.4 Å². The number of carbonyl (C=O) groups is 3. The number of rotatable bonds is 8. The zero-order chi connectivity index (χ0) is 22.5. The number of esters is 1. The molecule has 3 aromatic heterocycles. The lowest BCUT2D eigenvalue weighted by Gasteiger charge is -2.12. The van der Waals surface area contributed by atoms with Crippen LogP contribution in [0.15, 0.2) is 27.2 Å². The molecule has 168 valence electrons. The number of fused-ring (bicyclic) bond motifs is 1. The number of hydrogen-bond donors (Lipinski definition) is 2. The summed E-state index contributed by atoms with van der Waals surface area (Å²) in [5.74, 6) is -0.809. The van der Waals surface area contributed by atoms with Crippen molar-refractivity contribution in [2.45, 2.75) is 36.9 Å². The van der Waals surface area contributed by atoms with Crippen LogP contribution < -0.4 is 10.6 Å². The van der Waals surface area contributed by atoms with Gasteiger partial charge in [0.1, 0.15) is 5.00 Å². The molecule has 0 bridgehead atoms. The Hall–Kier alpha value is -2.70. The number of nitrogens with zero attached hydrogens (tertiary/aromatic N) is 2. The van der Waals surface area contributed by atoms with Crippen molar-refractivity contribution >= 4 is 62.4 Å². The van der Waals surface area contributed by atoms with Gasteiger partial charge in [0.2, 0.25) is 11.0 Å². The smallest absolute Gasteiger partial charge is 0.341 e. The highest BCUT2D eigenvalue weighted by molar-refractivity contribution is 8.01. The molecule has 0 unspecified atom stereocenters. The monoisotopic (exact) mass is 492 g/mol. The van der Waals surface area contributed by atoms with Crippen molar-refractivity contribution < 1.29 is 23.5 Å². The van der Waals surface area contributed by atoms with Gasteiger partial charge in [-0.15, -0.1) is 21.5 Å². The van der Waals surface area contributed by atoms with Gasteiger partial charge in [0.05, 0.1) is 24.2 Å². The average Bonchev–Trinajstić information content (AvgIpc) is 3.52. The fraction of sp³-hybridized carbons (Fsp3) is 0.350. The van der Waals surface area contributed by atoms with Crippen molar-refractivity contribution in [3.8, 4) is 0 Å². The minimum absolute atomic E-state index is 0.0889. The number of thiophene rings is 1. The zero-order valence-corrected chi connectivity index (χ0v) is 19.6. The molecular formula is C20H20N4O5S3. The van der Waals surface area contributed by atoms with Gasteiger partial charge in [0, 0.05) is 4.88 Å². The van der Waals surface area contributed by atoms with Gasteiger partial charge in [0.15, 0.2) is 10.1 Å². The quantitative estimate of drug-likeness (QED) is 0.272. The highest BCUT2D eigenvalue weighted by atomic mass is 32.2. The summed E-state index contributed by atoms with van der Waals surface area (Å²) < 4.78 is 10.8. The average molecular weight is 493 g/mol. The first-order valence-electron chi connectivity index (χ1n) is 9.97. The van der Waals surface area contributed by atoms with E-state index in [-0.39, 0.29) is 24.0 Å². The number of aryl methyl sites for hydroxylation is 1. The third kappa shape index (κ3) is 5.19. The van der Waals surface area contributed by atoms with E-state index in [2.05, 4.69) is 20.8 Å². The number of ether oxygens (including phenoxy) is 1. The predicted octanol–water partition coefficient (Wildman–Crippen LogP) is 4.23. The predicted molar refractivity (Wildman–Crippen MR) is 123 cm³/mol. The van der Waals surface area contributed by atoms with Crippen molar-refractivity contribution in [2.75, 3.05) is 23.0 Å². The van der Waals surface area contributed by atoms with Crippen LogP contribution in [0.4, 0.5) is 10.1 Å². The molecule has 0 saturated carbocycles. The van der Waals surface area contributed by atoms with Gasteiger partial charge >= 0.3 is 5.97 Å². The molecule has 1 aliphatic carbocycles. The van der Waals surface area contributed by atoms with Gasteiger partial charge in [-0.3, -0.25) is 14.9 Å². The van der Waals surface area contributed by atoms with E-state index in [1.807, 2.05) is 0 Å². The number of anilines is 2. The molecule has 3 heterocycles. The first kappa shape index (κ1) is 22.5. The molecule has 9 nitrogen and oxygen atoms in total. The number of thioether (sulfide) groups is 1. The summed E-state index contributed by atoms with van der Waals surface area (Å²) in [4.78, 5) is 38.2. The first-order chi connectivity index (χ1) is 15.5. The molecule has 0 radical (unpaired) electrons. The van der Waals surface area contributed by atoms with Crippen LogP contribution in [0.2, 0.25) is 0 Å². The molecule has 0 saturated heterocycles. The Balaban J connectivity index is 1.36. The van der Waals surface area contributed by atoms with Crippen molar-refractivity contribution in [2.24, 2.45) is 0 Å². The highest BCUT2D eigenvalue weighted by Gasteiger charge is 2.27. The standard InChI is InChI=1S/C20H20N4O5S3/c1-2-28-18(27)15-11-6-3-4-8-13(11)31-17(15)21-14(25)10-30-20-24-23-19(32-20)22-16(26)12-7-5-9-29-12/h5,7,9H,2-4,6,8,10H2,1H3,(H,21,25)(H,22,23,26). The minimum Gasteiger partial charge on any atom is -0.462 e. The molecule has 0 atom stereocenters. The van der Waals surface area contributed by atoms with E-state index in [1.165, 1.54) is 29.4 Å². The number of amides is 2. The normalized spacial score (nSPS) is 12.8. The lowest BCUT2D eigenvalue weighted by molar-refractivity contribution is -0.113. The molecule has 4 rings (SSSR count). The van der Waals surface area contributed by atoms with E-state index >= 15 is 0 Å². The number of carbonyl (C=O) groups excluding carboxylic acids is 3. The molecule has 0 fully saturated rings. The van der Waals surface area contributed by atoms with Crippen LogP contribution in [-0.4, -0.2) is 40.3 Å². The van der Waals surface area contributed by atoms with Crippen LogP contribution in [0.25, 0.3) is 0 Å². The van der Waals surface area contributed by atoms with Crippen LogP contribution in [-0.2, 0) is 22.4 Å². The maximum absolute atomic E-state index is 12.6. The third-order valence-corrected chi connectivity index (χ3v) is 7.78. The molecule has 0 aliphatic heterocycles. The Labute approximate surface area is 195 Å². The second-order valence-electron chi connectivity index (χ2n) is 6.78. The van der Waals surface area contributed by atoms with E-state index in [1.54, 1.807) is 19.1 Å². The van der Waals surface area contributed by atoms with Crippen LogP contribution in [0, 0.1) is 0 Å². The lowest BCUT2D eigenvalue weighted by atomic mass is 9.95. The molecule has 3 aromatic rings. The number of hydrogen-bond acceptors (Lipinski definition) is 10. The van der Waals surface area contributed by atoms with Gasteiger partial charge < -0.3 is 14.5 Å². The van der Waals surface area contributed by atoms with Crippen LogP contribution in [0.1, 0.15) is 51.1 Å². The van der Waals surface area contributed by atoms with Crippen molar-refractivity contribution in [3.05, 3.63) is 40.2 Å². The van der Waals surface area contributed by atoms with Gasteiger partial charge in [-0.25, -0.2) is 4.79 Å². The SMILES string of the molecule is CCOC(=O)c1c(NC(=O)CSc2nnc(NC(=O)c3ccco3)s2)sc2c1CCCC2. The summed E-state index contributed by atoms with van der Waals surface area (Å²) in [7, 11) is 0. The summed E-state index contributed by atoms with van der Waals surface area (Å²) in [5.41, 5.74) is 1.49. The zero-order valence-electron chi connectivity index (χ0n) is 17.1. The summed E-state index contributed by atoms with van der Waals surface area (Å²) in [6.45, 7) is 2.04. The third-order valence-electron chi connectivity index (χ3n) is 4.60. The second-order valence-corrected chi connectivity index (χ2v) is 10.1. The van der Waals surface area contributed by atoms with Crippen LogP contribution >= 0.6 is 34.4 Å². The van der Waals surface area contributed by atoms with Gasteiger partial charge in [-0.2, -0.15) is 0 Å². The first-order valence-corrected chi connectivity index (χ1v) is 12.6. The maximum Gasteiger partial charge on any atom is 0.341 e. The lowest BCUT2D eigenvalue weighted by Crippen LogP contribution is -2.17. The molecule has 0 aromatic carbocycles. The molecule has 32 heavy (non-hydrogen) atoms. The van der Waals surface area contributed by atoms with Gasteiger partial charge in [-0.05, 0) is 50.3 Å². The van der Waals surface area contributed by atoms with E-state index in [0.717, 1.165) is 47.5 Å². The largest absolute Gasteiger partial charge is 0.462 e. The Bertz CT molecular complexity index is 1120. The number of nitrogens with one attached hydrogen (secondary N) is 2. The fourth-order valence-electron chi connectivity index (χ4n) is 3.25. The van der Waals surface area contributed by atoms with Crippen LogP contribution in [0.5, 0.6) is 0 Å². The van der Waals surface area contributed by atoms with Crippen molar-refractivity contribution in [3.63, 3.8) is 0 Å². The van der Waals surface area contributed by atoms with Gasteiger partial charge in [-0.1, -0.05) is 23.1 Å². The topological polar surface area (TPSA) is 123 Å². The van der Waals surface area contributed by atoms with Crippen LogP contribution in [0.3, 0.4) is 0 Å². The molecule has 2 amide bonds. The van der Waals surface area contributed by atoms with Crippen molar-refractivity contribution in [1.82, 2.24) is 10.2 Å². The molecule has 1 aliphatic rings. The summed E-state index contributed by atoms with van der Waals surface area (Å²) in [5, 5.41) is 14.2. The molecule has 12 heteroatoms. The Kier molecular flexibility index (Phi) is 7.22. The van der Waals surface area contributed by atoms with E-state index < -0.39 is 11.9 Å². The summed E-state index contributed by atoms with van der Waals surface area (Å²) >= 11 is 3.81. The molecule has 0 spiro atoms. The minimum atomic E-state index is -0.423. The number of furan rings is 1. The number of aromatic nitrogens is 2. The van der Waals surface area contributed by atoms with E-state index in [0.29, 0.717) is 20.0 Å². The second kappa shape index (κ2) is 10.3. The summed E-state index contributed by atoms with van der Waals surface area (Å²) in [6.07, 6.45) is 5.24. The van der Waals surface area contributed by atoms with Gasteiger partial charge in [0.25, 0.3) is 5.91 Å². The molecule has 2 N–H and O–H groups in total. The Morgan fingerprint density at radius 3 is 2.81 bits per heavy atom. The summed E-state index contributed by atoms with van der Waals surface area (Å²) in [6, 6.07) is 3.16. The Morgan fingerprint density at radius 2 is 2.03 bits per heavy atom. The van der Waals surface area contributed by atoms with Crippen molar-refractivity contribution in [1.29, 1.82) is 0 Å². The fourth-order valence-corrected chi connectivity index (χ4v) is 6.09. The Morgan fingerprint density at radius 1 is 1.19 bits per heavy atom. The van der Waals surface area contributed by atoms with E-state index in [4.69, 9.17) is 9.15 Å². The molecular weight excluding hydrogens is 472 g/mol. The highest BCUT2D eigenvalue weighted by Crippen LogP contribution is 2.38. The maximum atomic E-state index is 12.6.